The standard InChI is InChI=1S/C16H18N4O4/c1-24-11-2-3-12-13(10-11)17-14-4-5-15(18-20(14)16(12)23)19(6-8-21)7-9-22/h2-5,10,21-22H,6-9H2,1H3/p+1. The lowest BCUT2D eigenvalue weighted by molar-refractivity contribution is -0.836. The molecule has 0 saturated carbocycles. The van der Waals surface area contributed by atoms with Gasteiger partial charge in [0.2, 0.25) is 5.82 Å². The zero-order valence-electron chi connectivity index (χ0n) is 13.3. The minimum absolute atomic E-state index is 0.0420. The van der Waals surface area contributed by atoms with Crippen LogP contribution in [0, 0.1) is 0 Å². The number of aliphatic hydroxyl groups excluding tert-OH is 2. The van der Waals surface area contributed by atoms with Crippen LogP contribution in [0.5, 0.6) is 5.75 Å². The highest BCUT2D eigenvalue weighted by atomic mass is 16.5. The molecule has 8 nitrogen and oxygen atoms in total. The Labute approximate surface area is 137 Å². The second-order valence-electron chi connectivity index (χ2n) is 5.34. The molecule has 1 aromatic carbocycles. The van der Waals surface area contributed by atoms with Crippen LogP contribution < -0.4 is 15.2 Å². The van der Waals surface area contributed by atoms with Gasteiger partial charge in [-0.1, -0.05) is 0 Å². The fourth-order valence-electron chi connectivity index (χ4n) is 2.64. The molecule has 0 saturated heterocycles. The summed E-state index contributed by atoms with van der Waals surface area (Å²) in [5.74, 6) is 1.20. The molecule has 3 N–H and O–H groups in total. The summed E-state index contributed by atoms with van der Waals surface area (Å²) in [5.41, 5.74) is 0.701. The van der Waals surface area contributed by atoms with Crippen molar-refractivity contribution in [3.8, 4) is 5.75 Å². The Morgan fingerprint density at radius 2 is 1.92 bits per heavy atom. The summed E-state index contributed by atoms with van der Waals surface area (Å²) in [4.78, 5) is 17.9. The SMILES string of the molecule is COc1ccc2c(=O)n3nc([NH+](CCO)CCO)ccc3nc2c1. The summed E-state index contributed by atoms with van der Waals surface area (Å²) in [6.45, 7) is 0.706. The molecule has 0 spiro atoms. The van der Waals surface area contributed by atoms with Crippen LogP contribution in [0.4, 0.5) is 5.82 Å². The van der Waals surface area contributed by atoms with Crippen LogP contribution in [0.15, 0.2) is 35.1 Å². The number of quaternary nitrogens is 1. The van der Waals surface area contributed by atoms with Crippen molar-refractivity contribution in [1.29, 1.82) is 0 Å². The minimum atomic E-state index is -0.271. The Morgan fingerprint density at radius 1 is 1.17 bits per heavy atom. The Balaban J connectivity index is 2.17. The van der Waals surface area contributed by atoms with Gasteiger partial charge in [0.1, 0.15) is 18.8 Å². The highest BCUT2D eigenvalue weighted by Crippen LogP contribution is 2.17. The fourth-order valence-corrected chi connectivity index (χ4v) is 2.64. The van der Waals surface area contributed by atoms with E-state index >= 15 is 0 Å². The lowest BCUT2D eigenvalue weighted by Crippen LogP contribution is -3.08. The second-order valence-corrected chi connectivity index (χ2v) is 5.34. The molecule has 3 rings (SSSR count). The zero-order valence-corrected chi connectivity index (χ0v) is 13.3. The number of hydrogen-bond donors (Lipinski definition) is 3. The molecule has 0 bridgehead atoms. The van der Waals surface area contributed by atoms with Crippen molar-refractivity contribution in [2.24, 2.45) is 0 Å². The largest absolute Gasteiger partial charge is 0.497 e. The molecular weight excluding hydrogens is 312 g/mol. The average molecular weight is 331 g/mol. The molecule has 0 radical (unpaired) electrons. The fraction of sp³-hybridized carbons (Fsp3) is 0.312. The predicted octanol–water partition coefficient (Wildman–Crippen LogP) is -1.25. The Hall–Kier alpha value is -2.55. The van der Waals surface area contributed by atoms with E-state index in [0.717, 1.165) is 4.90 Å². The van der Waals surface area contributed by atoms with E-state index in [1.807, 2.05) is 0 Å². The second kappa shape index (κ2) is 6.91. The van der Waals surface area contributed by atoms with Crippen LogP contribution >= 0.6 is 0 Å². The molecule has 3 aromatic rings. The van der Waals surface area contributed by atoms with E-state index in [-0.39, 0.29) is 18.8 Å². The number of nitrogens with zero attached hydrogens (tertiary/aromatic N) is 3. The maximum Gasteiger partial charge on any atom is 0.282 e. The van der Waals surface area contributed by atoms with Gasteiger partial charge in [0.15, 0.2) is 5.65 Å². The van der Waals surface area contributed by atoms with Crippen molar-refractivity contribution in [3.63, 3.8) is 0 Å². The number of benzene rings is 1. The van der Waals surface area contributed by atoms with E-state index < -0.39 is 0 Å². The molecule has 2 aromatic heterocycles. The van der Waals surface area contributed by atoms with Gasteiger partial charge in [0.05, 0.1) is 31.2 Å². The van der Waals surface area contributed by atoms with Crippen molar-refractivity contribution in [2.45, 2.75) is 0 Å². The van der Waals surface area contributed by atoms with Crippen molar-refractivity contribution in [3.05, 3.63) is 40.7 Å². The summed E-state index contributed by atoms with van der Waals surface area (Å²) in [7, 11) is 1.56. The number of ether oxygens (including phenoxy) is 1. The van der Waals surface area contributed by atoms with Gasteiger partial charge in [0.25, 0.3) is 5.56 Å². The van der Waals surface area contributed by atoms with Crippen molar-refractivity contribution in [2.75, 3.05) is 33.4 Å². The average Bonchev–Trinajstić information content (AvgIpc) is 2.61. The van der Waals surface area contributed by atoms with Crippen molar-refractivity contribution in [1.82, 2.24) is 14.6 Å². The molecule has 24 heavy (non-hydrogen) atoms. The van der Waals surface area contributed by atoms with Gasteiger partial charge in [-0.15, -0.1) is 5.10 Å². The third kappa shape index (κ3) is 2.94. The predicted molar refractivity (Wildman–Crippen MR) is 87.8 cm³/mol. The molecule has 0 aliphatic rings. The Bertz CT molecular complexity index is 919. The Morgan fingerprint density at radius 3 is 2.58 bits per heavy atom. The number of aliphatic hydroxyl groups is 2. The van der Waals surface area contributed by atoms with Crippen LogP contribution in [-0.2, 0) is 0 Å². The molecule has 0 amide bonds. The maximum atomic E-state index is 12.7. The third-order valence-electron chi connectivity index (χ3n) is 3.87. The summed E-state index contributed by atoms with van der Waals surface area (Å²) in [5, 5.41) is 23.1. The molecule has 0 atom stereocenters. The number of fused-ring (bicyclic) bond motifs is 2. The Kier molecular flexibility index (Phi) is 4.70. The normalized spacial score (nSPS) is 11.5. The number of aromatic nitrogens is 3. The van der Waals surface area contributed by atoms with Gasteiger partial charge < -0.3 is 14.9 Å². The van der Waals surface area contributed by atoms with Gasteiger partial charge in [-0.05, 0) is 18.2 Å². The molecular formula is C16H19N4O4+. The first-order valence-electron chi connectivity index (χ1n) is 7.62. The first kappa shape index (κ1) is 16.3. The number of rotatable bonds is 6. The molecule has 8 heteroatoms. The summed E-state index contributed by atoms with van der Waals surface area (Å²) < 4.78 is 6.41. The van der Waals surface area contributed by atoms with Crippen LogP contribution in [0.3, 0.4) is 0 Å². The van der Waals surface area contributed by atoms with E-state index in [9.17, 15) is 4.79 Å². The van der Waals surface area contributed by atoms with Crippen LogP contribution in [0.2, 0.25) is 0 Å². The lowest BCUT2D eigenvalue weighted by atomic mass is 10.2. The van der Waals surface area contributed by atoms with E-state index in [1.54, 1.807) is 37.4 Å². The number of methoxy groups -OCH3 is 1. The van der Waals surface area contributed by atoms with Crippen LogP contribution in [0.1, 0.15) is 0 Å². The van der Waals surface area contributed by atoms with Gasteiger partial charge >= 0.3 is 0 Å². The van der Waals surface area contributed by atoms with Crippen molar-refractivity contribution < 1.29 is 19.8 Å². The van der Waals surface area contributed by atoms with Crippen LogP contribution in [0.25, 0.3) is 16.6 Å². The molecule has 0 aliphatic carbocycles. The number of hydrogen-bond acceptors (Lipinski definition) is 6. The van der Waals surface area contributed by atoms with E-state index in [2.05, 4.69) is 10.1 Å². The summed E-state index contributed by atoms with van der Waals surface area (Å²) in [6, 6.07) is 8.53. The van der Waals surface area contributed by atoms with Gasteiger partial charge in [-0.25, -0.2) is 4.98 Å². The van der Waals surface area contributed by atoms with E-state index in [4.69, 9.17) is 14.9 Å². The quantitative estimate of drug-likeness (QED) is 0.488. The molecule has 0 unspecified atom stereocenters. The topological polar surface area (TPSA) is 101 Å². The van der Waals surface area contributed by atoms with Crippen LogP contribution in [-0.4, -0.2) is 58.2 Å². The monoisotopic (exact) mass is 331 g/mol. The smallest absolute Gasteiger partial charge is 0.282 e. The minimum Gasteiger partial charge on any atom is -0.497 e. The maximum absolute atomic E-state index is 12.7. The summed E-state index contributed by atoms with van der Waals surface area (Å²) >= 11 is 0. The molecule has 0 fully saturated rings. The van der Waals surface area contributed by atoms with Crippen molar-refractivity contribution >= 4 is 22.4 Å². The number of nitrogens with one attached hydrogen (secondary N) is 1. The molecule has 126 valence electrons. The van der Waals surface area contributed by atoms with E-state index in [0.29, 0.717) is 41.2 Å². The first-order chi connectivity index (χ1) is 11.7. The highest BCUT2D eigenvalue weighted by molar-refractivity contribution is 5.80. The van der Waals surface area contributed by atoms with Gasteiger partial charge in [0, 0.05) is 12.1 Å². The zero-order chi connectivity index (χ0) is 17.1. The lowest BCUT2D eigenvalue weighted by Gasteiger charge is -2.15. The molecule has 0 aliphatic heterocycles. The van der Waals surface area contributed by atoms with Gasteiger partial charge in [-0.2, -0.15) is 4.52 Å². The van der Waals surface area contributed by atoms with Gasteiger partial charge in [-0.3, -0.25) is 9.69 Å². The highest BCUT2D eigenvalue weighted by Gasteiger charge is 2.15. The first-order valence-corrected chi connectivity index (χ1v) is 7.62. The molecule has 2 heterocycles. The third-order valence-corrected chi connectivity index (χ3v) is 3.87. The summed E-state index contributed by atoms with van der Waals surface area (Å²) in [6.07, 6.45) is 0. The van der Waals surface area contributed by atoms with E-state index in [1.165, 1.54) is 4.52 Å².